The summed E-state index contributed by atoms with van der Waals surface area (Å²) in [4.78, 5) is 21.2. The van der Waals surface area contributed by atoms with Crippen molar-refractivity contribution < 1.29 is 14.3 Å². The summed E-state index contributed by atoms with van der Waals surface area (Å²) in [5, 5.41) is 2.48. The van der Waals surface area contributed by atoms with Crippen LogP contribution >= 0.6 is 0 Å². The highest BCUT2D eigenvalue weighted by Crippen LogP contribution is 2.08. The van der Waals surface area contributed by atoms with Crippen LogP contribution in [0, 0.1) is 0 Å². The van der Waals surface area contributed by atoms with Crippen molar-refractivity contribution in [3.8, 4) is 0 Å². The number of amides is 1. The molecule has 0 saturated heterocycles. The lowest BCUT2D eigenvalue weighted by Crippen LogP contribution is -2.31. The van der Waals surface area contributed by atoms with Gasteiger partial charge in [-0.05, 0) is 27.7 Å². The number of rotatable bonds is 4. The van der Waals surface area contributed by atoms with Gasteiger partial charge < -0.3 is 10.1 Å². The minimum absolute atomic E-state index is 0.174. The molecule has 1 atom stereocenters. The maximum Gasteiger partial charge on any atom is 0.308 e. The second kappa shape index (κ2) is 4.84. The summed E-state index contributed by atoms with van der Waals surface area (Å²) in [7, 11) is 0. The zero-order chi connectivity index (χ0) is 10.5. The van der Waals surface area contributed by atoms with E-state index >= 15 is 0 Å². The van der Waals surface area contributed by atoms with E-state index in [1.54, 1.807) is 6.92 Å². The number of hydrogen-bond acceptors (Lipinski definition) is 3. The van der Waals surface area contributed by atoms with Crippen molar-refractivity contribution in [2.75, 3.05) is 0 Å². The maximum atomic E-state index is 11.2. The molecule has 4 heteroatoms. The Bertz CT molecular complexity index is 184. The summed E-state index contributed by atoms with van der Waals surface area (Å²) >= 11 is 0. The van der Waals surface area contributed by atoms with Gasteiger partial charge in [-0.15, -0.1) is 0 Å². The highest BCUT2D eigenvalue weighted by Gasteiger charge is 2.17. The smallest absolute Gasteiger partial charge is 0.308 e. The molecule has 1 unspecified atom stereocenters. The summed E-state index contributed by atoms with van der Waals surface area (Å²) in [5.74, 6) is -0.297. The normalized spacial score (nSPS) is 13.2. The third-order valence-corrected chi connectivity index (χ3v) is 1.25. The molecule has 0 aromatic rings. The number of esters is 1. The lowest BCUT2D eigenvalue weighted by molar-refractivity contribution is -0.155. The van der Waals surface area contributed by atoms with Crippen LogP contribution in [0.3, 0.4) is 0 Å². The molecular weight excluding hydrogens is 170 g/mol. The molecule has 0 aliphatic heterocycles. The van der Waals surface area contributed by atoms with Gasteiger partial charge >= 0.3 is 5.97 Å². The predicted molar refractivity (Wildman–Crippen MR) is 49.1 cm³/mol. The zero-order valence-corrected chi connectivity index (χ0v) is 8.59. The van der Waals surface area contributed by atoms with E-state index in [0.29, 0.717) is 6.41 Å². The second-order valence-corrected chi connectivity index (χ2v) is 3.98. The molecule has 1 N–H and O–H groups in total. The van der Waals surface area contributed by atoms with E-state index < -0.39 is 5.60 Å². The molecule has 13 heavy (non-hydrogen) atoms. The van der Waals surface area contributed by atoms with Crippen molar-refractivity contribution in [1.82, 2.24) is 5.32 Å². The van der Waals surface area contributed by atoms with E-state index in [1.807, 2.05) is 20.8 Å². The van der Waals surface area contributed by atoms with Crippen LogP contribution < -0.4 is 5.32 Å². The van der Waals surface area contributed by atoms with Crippen LogP contribution in [0.2, 0.25) is 0 Å². The van der Waals surface area contributed by atoms with Gasteiger partial charge in [0.2, 0.25) is 6.41 Å². The van der Waals surface area contributed by atoms with Crippen LogP contribution in [0.25, 0.3) is 0 Å². The topological polar surface area (TPSA) is 55.4 Å². The molecule has 0 radical (unpaired) electrons. The summed E-state index contributed by atoms with van der Waals surface area (Å²) < 4.78 is 5.06. The number of carbonyl (C=O) groups is 2. The molecule has 76 valence electrons. The Hall–Kier alpha value is -1.06. The van der Waals surface area contributed by atoms with E-state index in [-0.39, 0.29) is 18.4 Å². The van der Waals surface area contributed by atoms with Crippen LogP contribution in [0.15, 0.2) is 0 Å². The molecule has 0 rings (SSSR count). The van der Waals surface area contributed by atoms with E-state index in [2.05, 4.69) is 5.32 Å². The Kier molecular flexibility index (Phi) is 4.45. The SMILES string of the molecule is CC(CC(=O)OC(C)(C)C)NC=O. The van der Waals surface area contributed by atoms with E-state index in [1.165, 1.54) is 0 Å². The minimum atomic E-state index is -0.460. The first kappa shape index (κ1) is 11.9. The van der Waals surface area contributed by atoms with Crippen molar-refractivity contribution in [1.29, 1.82) is 0 Å². The van der Waals surface area contributed by atoms with Crippen molar-refractivity contribution in [3.05, 3.63) is 0 Å². The maximum absolute atomic E-state index is 11.2. The van der Waals surface area contributed by atoms with E-state index in [0.717, 1.165) is 0 Å². The van der Waals surface area contributed by atoms with Gasteiger partial charge in [0.1, 0.15) is 5.60 Å². The molecule has 0 heterocycles. The van der Waals surface area contributed by atoms with Crippen LogP contribution in [0.1, 0.15) is 34.1 Å². The van der Waals surface area contributed by atoms with Crippen LogP contribution in [0.4, 0.5) is 0 Å². The first-order chi connectivity index (χ1) is 5.85. The minimum Gasteiger partial charge on any atom is -0.460 e. The monoisotopic (exact) mass is 187 g/mol. The van der Waals surface area contributed by atoms with Gasteiger partial charge in [-0.3, -0.25) is 9.59 Å². The molecular formula is C9H17NO3. The standard InChI is InChI=1S/C9H17NO3/c1-7(10-6-11)5-8(12)13-9(2,3)4/h6-7H,5H2,1-4H3,(H,10,11). The highest BCUT2D eigenvalue weighted by atomic mass is 16.6. The molecule has 0 aliphatic carbocycles. The van der Waals surface area contributed by atoms with Crippen LogP contribution in [-0.4, -0.2) is 24.0 Å². The summed E-state index contributed by atoms with van der Waals surface area (Å²) in [5.41, 5.74) is -0.460. The van der Waals surface area contributed by atoms with Crippen molar-refractivity contribution in [2.24, 2.45) is 0 Å². The Labute approximate surface area is 78.6 Å². The van der Waals surface area contributed by atoms with E-state index in [9.17, 15) is 9.59 Å². The third-order valence-electron chi connectivity index (χ3n) is 1.25. The average molecular weight is 187 g/mol. The van der Waals surface area contributed by atoms with E-state index in [4.69, 9.17) is 4.74 Å². The second-order valence-electron chi connectivity index (χ2n) is 3.98. The summed E-state index contributed by atoms with van der Waals surface area (Å²) in [6, 6.07) is -0.174. The van der Waals surface area contributed by atoms with Gasteiger partial charge in [-0.2, -0.15) is 0 Å². The Morgan fingerprint density at radius 2 is 2.08 bits per heavy atom. The Balaban J connectivity index is 3.81. The Morgan fingerprint density at radius 3 is 2.46 bits per heavy atom. The lowest BCUT2D eigenvalue weighted by atomic mass is 10.2. The first-order valence-electron chi connectivity index (χ1n) is 4.26. The number of hydrogen-bond donors (Lipinski definition) is 1. The molecule has 0 fully saturated rings. The molecule has 0 saturated carbocycles. The summed E-state index contributed by atoms with van der Waals surface area (Å²) in [6.07, 6.45) is 0.783. The predicted octanol–water partition coefficient (Wildman–Crippen LogP) is 0.853. The van der Waals surface area contributed by atoms with Crippen molar-refractivity contribution in [2.45, 2.75) is 45.8 Å². The number of ether oxygens (including phenoxy) is 1. The number of carbonyl (C=O) groups excluding carboxylic acids is 2. The van der Waals surface area contributed by atoms with Gasteiger partial charge in [0, 0.05) is 6.04 Å². The van der Waals surface area contributed by atoms with Crippen molar-refractivity contribution in [3.63, 3.8) is 0 Å². The molecule has 0 aromatic carbocycles. The first-order valence-corrected chi connectivity index (χ1v) is 4.26. The fraction of sp³-hybridized carbons (Fsp3) is 0.778. The van der Waals surface area contributed by atoms with Gasteiger partial charge in [0.25, 0.3) is 0 Å². The van der Waals surface area contributed by atoms with Gasteiger partial charge in [-0.25, -0.2) is 0 Å². The van der Waals surface area contributed by atoms with Crippen LogP contribution in [-0.2, 0) is 14.3 Å². The summed E-state index contributed by atoms with van der Waals surface area (Å²) in [6.45, 7) is 7.17. The number of nitrogens with one attached hydrogen (secondary N) is 1. The van der Waals surface area contributed by atoms with Gasteiger partial charge in [0.15, 0.2) is 0 Å². The van der Waals surface area contributed by atoms with Gasteiger partial charge in [-0.1, -0.05) is 0 Å². The largest absolute Gasteiger partial charge is 0.460 e. The fourth-order valence-electron chi connectivity index (χ4n) is 0.808. The molecule has 4 nitrogen and oxygen atoms in total. The highest BCUT2D eigenvalue weighted by molar-refractivity contribution is 5.71. The fourth-order valence-corrected chi connectivity index (χ4v) is 0.808. The Morgan fingerprint density at radius 1 is 1.54 bits per heavy atom. The molecule has 0 bridgehead atoms. The quantitative estimate of drug-likeness (QED) is 0.524. The van der Waals surface area contributed by atoms with Crippen LogP contribution in [0.5, 0.6) is 0 Å². The third kappa shape index (κ3) is 7.31. The molecule has 0 aliphatic rings. The van der Waals surface area contributed by atoms with Gasteiger partial charge in [0.05, 0.1) is 6.42 Å². The lowest BCUT2D eigenvalue weighted by Gasteiger charge is -2.20. The molecule has 1 amide bonds. The molecule has 0 aromatic heterocycles. The molecule has 0 spiro atoms. The average Bonchev–Trinajstić information content (AvgIpc) is 1.81. The zero-order valence-electron chi connectivity index (χ0n) is 8.59. The van der Waals surface area contributed by atoms with Crippen molar-refractivity contribution >= 4 is 12.4 Å².